The van der Waals surface area contributed by atoms with Crippen molar-refractivity contribution < 1.29 is 14.3 Å². The third kappa shape index (κ3) is 3.07. The van der Waals surface area contributed by atoms with Crippen molar-refractivity contribution in [1.82, 2.24) is 4.98 Å². The van der Waals surface area contributed by atoms with Crippen LogP contribution in [0.1, 0.15) is 43.2 Å². The molecule has 0 atom stereocenters. The predicted molar refractivity (Wildman–Crippen MR) is 77.9 cm³/mol. The van der Waals surface area contributed by atoms with E-state index in [0.717, 1.165) is 22.8 Å². The van der Waals surface area contributed by atoms with Gasteiger partial charge in [-0.2, -0.15) is 0 Å². The van der Waals surface area contributed by atoms with Crippen LogP contribution in [0.5, 0.6) is 0 Å². The van der Waals surface area contributed by atoms with Gasteiger partial charge in [-0.05, 0) is 38.8 Å². The van der Waals surface area contributed by atoms with Crippen LogP contribution in [-0.2, 0) is 16.0 Å². The number of aryl methyl sites for hydroxylation is 1. The Morgan fingerprint density at radius 3 is 2.65 bits per heavy atom. The van der Waals surface area contributed by atoms with E-state index in [2.05, 4.69) is 4.98 Å². The molecule has 1 aromatic carbocycles. The van der Waals surface area contributed by atoms with Gasteiger partial charge < -0.3 is 14.5 Å². The zero-order chi connectivity index (χ0) is 14.8. The molecule has 0 saturated heterocycles. The number of ether oxygens (including phenoxy) is 1. The van der Waals surface area contributed by atoms with Crippen LogP contribution in [0.15, 0.2) is 24.3 Å². The Bertz CT molecular complexity index is 635. The summed E-state index contributed by atoms with van der Waals surface area (Å²) in [6.45, 7) is 5.50. The number of carbonyl (C=O) groups excluding carboxylic acids is 2. The SMILES string of the molecule is CC(C)(C)OC(=O)c1[nH]c2ccccc2c1CCC=O. The smallest absolute Gasteiger partial charge is 0.355 e. The van der Waals surface area contributed by atoms with E-state index in [9.17, 15) is 9.59 Å². The molecule has 1 aromatic heterocycles. The molecule has 2 aromatic rings. The summed E-state index contributed by atoms with van der Waals surface area (Å²) in [6, 6.07) is 7.67. The summed E-state index contributed by atoms with van der Waals surface area (Å²) in [5.74, 6) is -0.380. The van der Waals surface area contributed by atoms with Gasteiger partial charge in [0, 0.05) is 17.3 Å². The van der Waals surface area contributed by atoms with Crippen LogP contribution in [0.25, 0.3) is 10.9 Å². The van der Waals surface area contributed by atoms with E-state index in [1.54, 1.807) is 0 Å². The molecule has 0 saturated carbocycles. The fourth-order valence-corrected chi connectivity index (χ4v) is 2.17. The van der Waals surface area contributed by atoms with Gasteiger partial charge in [0.25, 0.3) is 0 Å². The van der Waals surface area contributed by atoms with Gasteiger partial charge in [-0.3, -0.25) is 0 Å². The zero-order valence-electron chi connectivity index (χ0n) is 12.0. The quantitative estimate of drug-likeness (QED) is 0.687. The highest BCUT2D eigenvalue weighted by atomic mass is 16.6. The Morgan fingerprint density at radius 1 is 1.30 bits per heavy atom. The van der Waals surface area contributed by atoms with Crippen molar-refractivity contribution in [2.75, 3.05) is 0 Å². The number of fused-ring (bicyclic) bond motifs is 1. The fourth-order valence-electron chi connectivity index (χ4n) is 2.17. The Balaban J connectivity index is 2.45. The van der Waals surface area contributed by atoms with Gasteiger partial charge in [-0.15, -0.1) is 0 Å². The lowest BCUT2D eigenvalue weighted by Gasteiger charge is -2.19. The molecule has 0 aliphatic heterocycles. The summed E-state index contributed by atoms with van der Waals surface area (Å²) in [5.41, 5.74) is 1.63. The van der Waals surface area contributed by atoms with E-state index in [-0.39, 0.29) is 5.97 Å². The molecule has 0 aliphatic rings. The molecule has 4 nitrogen and oxygen atoms in total. The summed E-state index contributed by atoms with van der Waals surface area (Å²) in [4.78, 5) is 26.0. The molecular weight excluding hydrogens is 254 g/mol. The molecule has 0 radical (unpaired) electrons. The van der Waals surface area contributed by atoms with Crippen molar-refractivity contribution in [2.45, 2.75) is 39.2 Å². The minimum atomic E-state index is -0.545. The molecule has 20 heavy (non-hydrogen) atoms. The second kappa shape index (κ2) is 5.49. The highest BCUT2D eigenvalue weighted by Gasteiger charge is 2.23. The van der Waals surface area contributed by atoms with Gasteiger partial charge in [-0.25, -0.2) is 4.79 Å². The first-order chi connectivity index (χ1) is 9.42. The summed E-state index contributed by atoms with van der Waals surface area (Å²) in [6.07, 6.45) is 1.78. The molecule has 0 amide bonds. The summed E-state index contributed by atoms with van der Waals surface area (Å²) < 4.78 is 5.42. The van der Waals surface area contributed by atoms with E-state index in [0.29, 0.717) is 18.5 Å². The van der Waals surface area contributed by atoms with Crippen molar-refractivity contribution >= 4 is 23.2 Å². The number of esters is 1. The van der Waals surface area contributed by atoms with E-state index < -0.39 is 5.60 Å². The zero-order valence-corrected chi connectivity index (χ0v) is 12.0. The van der Waals surface area contributed by atoms with Gasteiger partial charge in [0.15, 0.2) is 0 Å². The maximum absolute atomic E-state index is 12.3. The minimum absolute atomic E-state index is 0.380. The number of aromatic amines is 1. The van der Waals surface area contributed by atoms with Gasteiger partial charge in [0.1, 0.15) is 17.6 Å². The Hall–Kier alpha value is -2.10. The van der Waals surface area contributed by atoms with Crippen LogP contribution in [-0.4, -0.2) is 22.8 Å². The first kappa shape index (κ1) is 14.3. The third-order valence-corrected chi connectivity index (χ3v) is 2.93. The van der Waals surface area contributed by atoms with Crippen LogP contribution in [0.4, 0.5) is 0 Å². The number of H-pyrrole nitrogens is 1. The number of aromatic nitrogens is 1. The van der Waals surface area contributed by atoms with Crippen LogP contribution in [0, 0.1) is 0 Å². The van der Waals surface area contributed by atoms with Crippen molar-refractivity contribution in [1.29, 1.82) is 0 Å². The molecule has 0 bridgehead atoms. The average Bonchev–Trinajstić information content (AvgIpc) is 2.73. The fraction of sp³-hybridized carbons (Fsp3) is 0.375. The average molecular weight is 273 g/mol. The van der Waals surface area contributed by atoms with E-state index >= 15 is 0 Å². The topological polar surface area (TPSA) is 59.2 Å². The summed E-state index contributed by atoms with van der Waals surface area (Å²) >= 11 is 0. The number of hydrogen-bond donors (Lipinski definition) is 1. The monoisotopic (exact) mass is 273 g/mol. The van der Waals surface area contributed by atoms with Crippen molar-refractivity contribution in [3.05, 3.63) is 35.5 Å². The van der Waals surface area contributed by atoms with Crippen molar-refractivity contribution in [3.8, 4) is 0 Å². The van der Waals surface area contributed by atoms with Crippen molar-refractivity contribution in [2.24, 2.45) is 0 Å². The molecule has 106 valence electrons. The number of rotatable bonds is 4. The molecule has 1 heterocycles. The molecule has 0 unspecified atom stereocenters. The highest BCUT2D eigenvalue weighted by molar-refractivity contribution is 5.98. The van der Waals surface area contributed by atoms with Gasteiger partial charge >= 0.3 is 5.97 Å². The first-order valence-electron chi connectivity index (χ1n) is 6.69. The Morgan fingerprint density at radius 2 is 2.00 bits per heavy atom. The standard InChI is InChI=1S/C16H19NO3/c1-16(2,3)20-15(19)14-12(8-6-10-18)11-7-4-5-9-13(11)17-14/h4-5,7,9-10,17H,6,8H2,1-3H3. The highest BCUT2D eigenvalue weighted by Crippen LogP contribution is 2.25. The lowest BCUT2D eigenvalue weighted by molar-refractivity contribution is -0.107. The molecule has 4 heteroatoms. The van der Waals surface area contributed by atoms with Crippen molar-refractivity contribution in [3.63, 3.8) is 0 Å². The van der Waals surface area contributed by atoms with E-state index in [4.69, 9.17) is 4.74 Å². The van der Waals surface area contributed by atoms with Crippen LogP contribution >= 0.6 is 0 Å². The second-order valence-electron chi connectivity index (χ2n) is 5.73. The largest absolute Gasteiger partial charge is 0.455 e. The van der Waals surface area contributed by atoms with E-state index in [1.165, 1.54) is 0 Å². The maximum Gasteiger partial charge on any atom is 0.355 e. The molecule has 0 spiro atoms. The minimum Gasteiger partial charge on any atom is -0.455 e. The lowest BCUT2D eigenvalue weighted by atomic mass is 10.1. The Labute approximate surface area is 118 Å². The number of nitrogens with one attached hydrogen (secondary N) is 1. The molecular formula is C16H19NO3. The molecule has 0 fully saturated rings. The predicted octanol–water partition coefficient (Wildman–Crippen LogP) is 3.25. The van der Waals surface area contributed by atoms with Gasteiger partial charge in [0.2, 0.25) is 0 Å². The maximum atomic E-state index is 12.3. The number of aldehydes is 1. The number of benzene rings is 1. The molecule has 0 aliphatic carbocycles. The van der Waals surface area contributed by atoms with E-state index in [1.807, 2.05) is 45.0 Å². The first-order valence-corrected chi connectivity index (χ1v) is 6.69. The lowest BCUT2D eigenvalue weighted by Crippen LogP contribution is -2.24. The molecule has 2 rings (SSSR count). The van der Waals surface area contributed by atoms with Crippen LogP contribution in [0.2, 0.25) is 0 Å². The summed E-state index contributed by atoms with van der Waals surface area (Å²) in [5, 5.41) is 0.968. The Kier molecular flexibility index (Phi) is 3.93. The second-order valence-corrected chi connectivity index (χ2v) is 5.73. The normalized spacial score (nSPS) is 11.6. The number of hydrogen-bond acceptors (Lipinski definition) is 3. The van der Waals surface area contributed by atoms with Gasteiger partial charge in [-0.1, -0.05) is 18.2 Å². The van der Waals surface area contributed by atoms with Crippen LogP contribution in [0.3, 0.4) is 0 Å². The number of carbonyl (C=O) groups is 2. The third-order valence-electron chi connectivity index (χ3n) is 2.93. The molecule has 1 N–H and O–H groups in total. The van der Waals surface area contributed by atoms with Gasteiger partial charge in [0.05, 0.1) is 0 Å². The number of para-hydroxylation sites is 1. The summed E-state index contributed by atoms with van der Waals surface area (Å²) in [7, 11) is 0. The van der Waals surface area contributed by atoms with Crippen LogP contribution < -0.4 is 0 Å².